The molecule has 1 N–H and O–H groups in total. The van der Waals surface area contributed by atoms with E-state index in [2.05, 4.69) is 10.2 Å². The van der Waals surface area contributed by atoms with Gasteiger partial charge in [0, 0.05) is 31.1 Å². The van der Waals surface area contributed by atoms with Crippen molar-refractivity contribution in [3.63, 3.8) is 0 Å². The van der Waals surface area contributed by atoms with Crippen LogP contribution in [0.15, 0.2) is 30.6 Å². The monoisotopic (exact) mass is 247 g/mol. The van der Waals surface area contributed by atoms with E-state index in [0.717, 1.165) is 26.0 Å². The molecule has 2 heterocycles. The zero-order valence-corrected chi connectivity index (χ0v) is 9.84. The van der Waals surface area contributed by atoms with Crippen LogP contribution >= 0.6 is 0 Å². The summed E-state index contributed by atoms with van der Waals surface area (Å²) >= 11 is 0. The van der Waals surface area contributed by atoms with Gasteiger partial charge in [-0.15, -0.1) is 0 Å². The molecule has 1 saturated heterocycles. The second kappa shape index (κ2) is 4.42. The lowest BCUT2D eigenvalue weighted by atomic mass is 10.1. The van der Waals surface area contributed by atoms with Gasteiger partial charge in [-0.25, -0.2) is 4.39 Å². The maximum Gasteiger partial charge on any atom is 0.152 e. The molecule has 0 amide bonds. The summed E-state index contributed by atoms with van der Waals surface area (Å²) in [6.07, 6.45) is 4.64. The lowest BCUT2D eigenvalue weighted by Crippen LogP contribution is -2.41. The number of carbonyl (C=O) groups is 1. The van der Waals surface area contributed by atoms with Crippen LogP contribution in [0.2, 0.25) is 0 Å². The number of fused-ring (bicyclic) bond motifs is 1. The molecule has 5 heteroatoms. The highest BCUT2D eigenvalue weighted by atomic mass is 19.1. The smallest absolute Gasteiger partial charge is 0.152 e. The Kier molecular flexibility index (Phi) is 2.76. The van der Waals surface area contributed by atoms with Crippen LogP contribution in [0.5, 0.6) is 0 Å². The first-order valence-electron chi connectivity index (χ1n) is 5.94. The fourth-order valence-corrected chi connectivity index (χ4v) is 2.45. The molecule has 0 spiro atoms. The molecule has 1 aromatic carbocycles. The van der Waals surface area contributed by atoms with Gasteiger partial charge in [-0.1, -0.05) is 0 Å². The van der Waals surface area contributed by atoms with Crippen molar-refractivity contribution < 1.29 is 9.18 Å². The average Bonchev–Trinajstić information content (AvgIpc) is 2.85. The normalized spacial score (nSPS) is 22.2. The van der Waals surface area contributed by atoms with E-state index >= 15 is 0 Å². The van der Waals surface area contributed by atoms with Gasteiger partial charge in [0.25, 0.3) is 0 Å². The fourth-order valence-electron chi connectivity index (χ4n) is 2.45. The highest BCUT2D eigenvalue weighted by molar-refractivity contribution is 5.85. The standard InChI is InChI=1S/C13H14FN3O/c14-11-2-1-10(8-18)13(5-11)16-3-4-17-9-15-6-12(17)7-16/h1-5,8,12,15H,6-7,9H2. The highest BCUT2D eigenvalue weighted by Crippen LogP contribution is 2.25. The van der Waals surface area contributed by atoms with Crippen molar-refractivity contribution in [1.29, 1.82) is 0 Å². The van der Waals surface area contributed by atoms with E-state index in [-0.39, 0.29) is 5.82 Å². The molecule has 18 heavy (non-hydrogen) atoms. The molecule has 1 unspecified atom stereocenters. The number of benzene rings is 1. The Morgan fingerprint density at radius 3 is 3.11 bits per heavy atom. The third-order valence-corrected chi connectivity index (χ3v) is 3.42. The summed E-state index contributed by atoms with van der Waals surface area (Å²) in [5.41, 5.74) is 1.15. The molecule has 94 valence electrons. The Labute approximate surface area is 105 Å². The van der Waals surface area contributed by atoms with Gasteiger partial charge in [0.15, 0.2) is 6.29 Å². The van der Waals surface area contributed by atoms with Gasteiger partial charge in [-0.05, 0) is 18.2 Å². The lowest BCUT2D eigenvalue weighted by Gasteiger charge is -2.34. The number of hydrogen-bond acceptors (Lipinski definition) is 4. The Hall–Kier alpha value is -1.88. The Balaban J connectivity index is 1.93. The Morgan fingerprint density at radius 2 is 2.28 bits per heavy atom. The fraction of sp³-hybridized carbons (Fsp3) is 0.308. The number of halogens is 1. The van der Waals surface area contributed by atoms with E-state index in [1.165, 1.54) is 18.2 Å². The van der Waals surface area contributed by atoms with E-state index in [1.54, 1.807) is 0 Å². The molecule has 2 aliphatic heterocycles. The number of aldehydes is 1. The molecule has 0 saturated carbocycles. The van der Waals surface area contributed by atoms with Crippen molar-refractivity contribution in [1.82, 2.24) is 10.2 Å². The molecule has 1 fully saturated rings. The van der Waals surface area contributed by atoms with Crippen molar-refractivity contribution in [2.75, 3.05) is 24.7 Å². The average molecular weight is 247 g/mol. The number of carbonyl (C=O) groups excluding carboxylic acids is 1. The summed E-state index contributed by atoms with van der Waals surface area (Å²) in [6, 6.07) is 4.61. The quantitative estimate of drug-likeness (QED) is 0.796. The third-order valence-electron chi connectivity index (χ3n) is 3.42. The van der Waals surface area contributed by atoms with Gasteiger partial charge in [0.05, 0.1) is 18.4 Å². The van der Waals surface area contributed by atoms with Gasteiger partial charge in [0.2, 0.25) is 0 Å². The van der Waals surface area contributed by atoms with Gasteiger partial charge < -0.3 is 9.80 Å². The van der Waals surface area contributed by atoms with Crippen LogP contribution in [0.1, 0.15) is 10.4 Å². The van der Waals surface area contributed by atoms with E-state index in [9.17, 15) is 9.18 Å². The Bertz CT molecular complexity index is 503. The van der Waals surface area contributed by atoms with Crippen LogP contribution in [0, 0.1) is 5.82 Å². The number of nitrogens with one attached hydrogen (secondary N) is 1. The minimum Gasteiger partial charge on any atom is -0.357 e. The van der Waals surface area contributed by atoms with Crippen molar-refractivity contribution >= 4 is 12.0 Å². The summed E-state index contributed by atoms with van der Waals surface area (Å²) in [7, 11) is 0. The molecule has 3 rings (SSSR count). The molecule has 4 nitrogen and oxygen atoms in total. The summed E-state index contributed by atoms with van der Waals surface area (Å²) in [6.45, 7) is 2.51. The van der Waals surface area contributed by atoms with Crippen LogP contribution in [0.4, 0.5) is 10.1 Å². The molecule has 1 atom stereocenters. The van der Waals surface area contributed by atoms with E-state index < -0.39 is 0 Å². The first-order chi connectivity index (χ1) is 8.78. The largest absolute Gasteiger partial charge is 0.357 e. The zero-order chi connectivity index (χ0) is 12.5. The predicted molar refractivity (Wildman–Crippen MR) is 66.8 cm³/mol. The third kappa shape index (κ3) is 1.86. The van der Waals surface area contributed by atoms with Crippen molar-refractivity contribution in [2.45, 2.75) is 6.04 Å². The zero-order valence-electron chi connectivity index (χ0n) is 9.84. The maximum atomic E-state index is 13.3. The molecule has 2 aliphatic rings. The van der Waals surface area contributed by atoms with E-state index in [0.29, 0.717) is 17.3 Å². The van der Waals surface area contributed by atoms with E-state index in [1.807, 2.05) is 17.3 Å². The summed E-state index contributed by atoms with van der Waals surface area (Å²) in [5.74, 6) is -0.323. The van der Waals surface area contributed by atoms with Crippen molar-refractivity contribution in [2.24, 2.45) is 0 Å². The van der Waals surface area contributed by atoms with Gasteiger partial charge in [-0.3, -0.25) is 10.1 Å². The summed E-state index contributed by atoms with van der Waals surface area (Å²) in [5, 5.41) is 3.28. The van der Waals surface area contributed by atoms with Crippen LogP contribution in [-0.4, -0.2) is 37.0 Å². The maximum absolute atomic E-state index is 13.3. The molecule has 0 bridgehead atoms. The lowest BCUT2D eigenvalue weighted by molar-refractivity contribution is 0.112. The number of nitrogens with zero attached hydrogens (tertiary/aromatic N) is 2. The van der Waals surface area contributed by atoms with Crippen molar-refractivity contribution in [3.8, 4) is 0 Å². The molecule has 0 aromatic heterocycles. The highest BCUT2D eigenvalue weighted by Gasteiger charge is 2.27. The molecule has 0 aliphatic carbocycles. The second-order valence-corrected chi connectivity index (χ2v) is 4.55. The van der Waals surface area contributed by atoms with Crippen LogP contribution in [0.25, 0.3) is 0 Å². The van der Waals surface area contributed by atoms with Gasteiger partial charge in [0.1, 0.15) is 5.82 Å². The summed E-state index contributed by atoms with van der Waals surface area (Å²) < 4.78 is 13.3. The van der Waals surface area contributed by atoms with Crippen LogP contribution < -0.4 is 10.2 Å². The number of hydrogen-bond donors (Lipinski definition) is 1. The minimum atomic E-state index is -0.323. The molecule has 0 radical (unpaired) electrons. The summed E-state index contributed by atoms with van der Waals surface area (Å²) in [4.78, 5) is 15.1. The Morgan fingerprint density at radius 1 is 1.39 bits per heavy atom. The number of rotatable bonds is 2. The van der Waals surface area contributed by atoms with Crippen molar-refractivity contribution in [3.05, 3.63) is 42.0 Å². The van der Waals surface area contributed by atoms with Gasteiger partial charge >= 0.3 is 0 Å². The topological polar surface area (TPSA) is 35.6 Å². The first kappa shape index (κ1) is 11.2. The minimum absolute atomic E-state index is 0.323. The molecular formula is C13H14FN3O. The predicted octanol–water partition coefficient (Wildman–Crippen LogP) is 1.16. The second-order valence-electron chi connectivity index (χ2n) is 4.55. The molecular weight excluding hydrogens is 233 g/mol. The van der Waals surface area contributed by atoms with E-state index in [4.69, 9.17) is 0 Å². The van der Waals surface area contributed by atoms with Crippen LogP contribution in [0.3, 0.4) is 0 Å². The van der Waals surface area contributed by atoms with Gasteiger partial charge in [-0.2, -0.15) is 0 Å². The first-order valence-corrected chi connectivity index (χ1v) is 5.94. The SMILES string of the molecule is O=Cc1ccc(F)cc1N1C=CN2CNCC2C1. The number of anilines is 1. The van der Waals surface area contributed by atoms with Crippen LogP contribution in [-0.2, 0) is 0 Å². The molecule has 1 aromatic rings.